The molecule has 0 bridgehead atoms. The van der Waals surface area contributed by atoms with Gasteiger partial charge in [0.05, 0.1) is 0 Å². The molecule has 1 heterocycles. The predicted molar refractivity (Wildman–Crippen MR) is 59.6 cm³/mol. The average Bonchev–Trinajstić information content (AvgIpc) is 2.90. The maximum absolute atomic E-state index is 11.7. The Morgan fingerprint density at radius 1 is 1.33 bits per heavy atom. The van der Waals surface area contributed by atoms with E-state index in [1.165, 1.54) is 0 Å². The molecule has 0 aromatic carbocycles. The van der Waals surface area contributed by atoms with E-state index < -0.39 is 17.9 Å². The van der Waals surface area contributed by atoms with Crippen LogP contribution >= 0.6 is 0 Å². The lowest BCUT2D eigenvalue weighted by Gasteiger charge is -2.27. The quantitative estimate of drug-likeness (QED) is 0.692. The molecule has 1 amide bonds. The van der Waals surface area contributed by atoms with Gasteiger partial charge in [-0.15, -0.1) is 10.2 Å². The topological polar surface area (TPSA) is 121 Å². The van der Waals surface area contributed by atoms with Gasteiger partial charge in [-0.2, -0.15) is 5.21 Å². The second kappa shape index (κ2) is 5.56. The third-order valence-corrected chi connectivity index (χ3v) is 3.22. The summed E-state index contributed by atoms with van der Waals surface area (Å²) in [5.74, 6) is -1.79. The summed E-state index contributed by atoms with van der Waals surface area (Å²) in [5, 5.41) is 24.1. The van der Waals surface area contributed by atoms with E-state index in [1.807, 2.05) is 0 Å². The van der Waals surface area contributed by atoms with Gasteiger partial charge in [0.25, 0.3) is 11.7 Å². The Morgan fingerprint density at radius 3 is 2.61 bits per heavy atom. The van der Waals surface area contributed by atoms with Crippen LogP contribution in [0.3, 0.4) is 0 Å². The van der Waals surface area contributed by atoms with E-state index >= 15 is 0 Å². The van der Waals surface area contributed by atoms with Gasteiger partial charge in [0.1, 0.15) is 6.04 Å². The summed E-state index contributed by atoms with van der Waals surface area (Å²) in [5.41, 5.74) is 0. The van der Waals surface area contributed by atoms with E-state index in [0.29, 0.717) is 0 Å². The lowest BCUT2D eigenvalue weighted by atomic mass is 9.84. The Morgan fingerprint density at radius 2 is 2.06 bits per heavy atom. The number of nitrogens with one attached hydrogen (secondary N) is 2. The van der Waals surface area contributed by atoms with Crippen molar-refractivity contribution in [3.8, 4) is 0 Å². The van der Waals surface area contributed by atoms with Crippen LogP contribution in [0.1, 0.15) is 42.7 Å². The first-order chi connectivity index (χ1) is 8.68. The lowest BCUT2D eigenvalue weighted by Crippen LogP contribution is -2.46. The first kappa shape index (κ1) is 12.5. The zero-order chi connectivity index (χ0) is 13.0. The molecule has 98 valence electrons. The summed E-state index contributed by atoms with van der Waals surface area (Å²) in [6, 6.07) is -0.878. The molecule has 1 aliphatic carbocycles. The number of aromatic amines is 1. The van der Waals surface area contributed by atoms with E-state index in [1.54, 1.807) is 0 Å². The van der Waals surface area contributed by atoms with Crippen molar-refractivity contribution in [1.82, 2.24) is 25.9 Å². The standard InChI is InChI=1S/C10H15N5O3/c16-9(8-12-14-15-13-8)11-7(10(17)18)6-4-2-1-3-5-6/h6-7H,1-5H2,(H,11,16)(H,17,18)(H,12,13,14,15). The first-order valence-electron chi connectivity index (χ1n) is 5.95. The summed E-state index contributed by atoms with van der Waals surface area (Å²) < 4.78 is 0. The Bertz CT molecular complexity index is 413. The number of aliphatic carboxylic acids is 1. The lowest BCUT2D eigenvalue weighted by molar-refractivity contribution is -0.141. The van der Waals surface area contributed by atoms with Gasteiger partial charge >= 0.3 is 5.97 Å². The third-order valence-electron chi connectivity index (χ3n) is 3.22. The number of hydrogen-bond donors (Lipinski definition) is 3. The van der Waals surface area contributed by atoms with Crippen molar-refractivity contribution in [1.29, 1.82) is 0 Å². The fourth-order valence-corrected chi connectivity index (χ4v) is 2.31. The van der Waals surface area contributed by atoms with E-state index in [4.69, 9.17) is 0 Å². The second-order valence-corrected chi connectivity index (χ2v) is 4.42. The fourth-order valence-electron chi connectivity index (χ4n) is 2.31. The summed E-state index contributed by atoms with van der Waals surface area (Å²) >= 11 is 0. The highest BCUT2D eigenvalue weighted by atomic mass is 16.4. The number of amides is 1. The molecule has 3 N–H and O–H groups in total. The van der Waals surface area contributed by atoms with E-state index in [9.17, 15) is 14.7 Å². The molecule has 1 aliphatic rings. The normalized spacial score (nSPS) is 18.2. The number of aromatic nitrogens is 4. The van der Waals surface area contributed by atoms with Crippen molar-refractivity contribution >= 4 is 11.9 Å². The van der Waals surface area contributed by atoms with Gasteiger partial charge in [0.15, 0.2) is 0 Å². The molecule has 8 heteroatoms. The third kappa shape index (κ3) is 2.82. The molecular formula is C10H15N5O3. The van der Waals surface area contributed by atoms with Crippen molar-refractivity contribution in [3.63, 3.8) is 0 Å². The van der Waals surface area contributed by atoms with Crippen molar-refractivity contribution in [2.24, 2.45) is 5.92 Å². The summed E-state index contributed by atoms with van der Waals surface area (Å²) in [7, 11) is 0. The van der Waals surface area contributed by atoms with Gasteiger partial charge in [0, 0.05) is 0 Å². The molecule has 0 aliphatic heterocycles. The number of hydrogen-bond acceptors (Lipinski definition) is 5. The van der Waals surface area contributed by atoms with Gasteiger partial charge < -0.3 is 10.4 Å². The Hall–Kier alpha value is -1.99. The van der Waals surface area contributed by atoms with Gasteiger partial charge in [-0.25, -0.2) is 4.79 Å². The minimum absolute atomic E-state index is 0.0212. The molecule has 1 unspecified atom stereocenters. The SMILES string of the molecule is O=C(NC(C(=O)O)C1CCCCC1)c1nn[nH]n1. The van der Waals surface area contributed by atoms with Crippen LogP contribution in [0.25, 0.3) is 0 Å². The number of carboxylic acids is 1. The van der Waals surface area contributed by atoms with Crippen LogP contribution < -0.4 is 5.32 Å². The minimum Gasteiger partial charge on any atom is -0.480 e. The van der Waals surface area contributed by atoms with Crippen LogP contribution in [0.5, 0.6) is 0 Å². The maximum Gasteiger partial charge on any atom is 0.326 e. The van der Waals surface area contributed by atoms with E-state index in [0.717, 1.165) is 32.1 Å². The van der Waals surface area contributed by atoms with Gasteiger partial charge in [-0.1, -0.05) is 19.3 Å². The van der Waals surface area contributed by atoms with Crippen LogP contribution in [0, 0.1) is 5.92 Å². The van der Waals surface area contributed by atoms with Gasteiger partial charge in [-0.05, 0) is 24.0 Å². The Kier molecular flexibility index (Phi) is 3.85. The van der Waals surface area contributed by atoms with Crippen molar-refractivity contribution in [3.05, 3.63) is 5.82 Å². The summed E-state index contributed by atoms with van der Waals surface area (Å²) in [6.45, 7) is 0. The summed E-state index contributed by atoms with van der Waals surface area (Å²) in [4.78, 5) is 22.9. The van der Waals surface area contributed by atoms with Crippen molar-refractivity contribution in [2.45, 2.75) is 38.1 Å². The molecule has 0 radical (unpaired) electrons. The smallest absolute Gasteiger partial charge is 0.326 e. The van der Waals surface area contributed by atoms with Crippen LogP contribution in [0.15, 0.2) is 0 Å². The number of carboxylic acid groups (broad SMARTS) is 1. The summed E-state index contributed by atoms with van der Waals surface area (Å²) in [6.07, 6.45) is 4.79. The number of tetrazole rings is 1. The molecule has 0 saturated heterocycles. The molecule has 1 atom stereocenters. The zero-order valence-corrected chi connectivity index (χ0v) is 9.80. The van der Waals surface area contributed by atoms with E-state index in [2.05, 4.69) is 25.9 Å². The number of H-pyrrole nitrogens is 1. The molecule has 1 fully saturated rings. The van der Waals surface area contributed by atoms with Crippen LogP contribution in [-0.2, 0) is 4.79 Å². The van der Waals surface area contributed by atoms with Gasteiger partial charge in [0.2, 0.25) is 0 Å². The number of nitrogens with zero attached hydrogens (tertiary/aromatic N) is 3. The molecule has 1 saturated carbocycles. The molecule has 2 rings (SSSR count). The fraction of sp³-hybridized carbons (Fsp3) is 0.700. The van der Waals surface area contributed by atoms with E-state index in [-0.39, 0.29) is 11.7 Å². The van der Waals surface area contributed by atoms with Crippen LogP contribution in [0.2, 0.25) is 0 Å². The minimum atomic E-state index is -1.02. The number of rotatable bonds is 4. The molecule has 1 aromatic rings. The average molecular weight is 253 g/mol. The molecule has 0 spiro atoms. The molecule has 8 nitrogen and oxygen atoms in total. The Labute approximate surface area is 103 Å². The number of carbonyl (C=O) groups excluding carboxylic acids is 1. The first-order valence-corrected chi connectivity index (χ1v) is 5.95. The molecule has 1 aromatic heterocycles. The largest absolute Gasteiger partial charge is 0.480 e. The molecule has 18 heavy (non-hydrogen) atoms. The number of carbonyl (C=O) groups is 2. The predicted octanol–water partition coefficient (Wildman–Crippen LogP) is -0.0370. The highest BCUT2D eigenvalue weighted by Crippen LogP contribution is 2.26. The van der Waals surface area contributed by atoms with Crippen LogP contribution in [0.4, 0.5) is 0 Å². The van der Waals surface area contributed by atoms with Gasteiger partial charge in [-0.3, -0.25) is 4.79 Å². The van der Waals surface area contributed by atoms with Crippen molar-refractivity contribution < 1.29 is 14.7 Å². The van der Waals surface area contributed by atoms with Crippen LogP contribution in [-0.4, -0.2) is 43.6 Å². The Balaban J connectivity index is 2.02. The highest BCUT2D eigenvalue weighted by Gasteiger charge is 2.31. The maximum atomic E-state index is 11.7. The zero-order valence-electron chi connectivity index (χ0n) is 9.80. The molecular weight excluding hydrogens is 238 g/mol. The highest BCUT2D eigenvalue weighted by molar-refractivity contribution is 5.93. The monoisotopic (exact) mass is 253 g/mol. The second-order valence-electron chi connectivity index (χ2n) is 4.42. The van der Waals surface area contributed by atoms with Crippen molar-refractivity contribution in [2.75, 3.05) is 0 Å².